The number of halogens is 6. The number of nitrogens with one attached hydrogen (secondary N) is 2. The zero-order valence-corrected chi connectivity index (χ0v) is 15.7. The van der Waals surface area contributed by atoms with E-state index in [9.17, 15) is 26.3 Å². The van der Waals surface area contributed by atoms with Crippen molar-refractivity contribution in [3.63, 3.8) is 0 Å². The summed E-state index contributed by atoms with van der Waals surface area (Å²) in [7, 11) is 0. The van der Waals surface area contributed by atoms with E-state index in [0.717, 1.165) is 21.9 Å². The molecule has 29 heavy (non-hydrogen) atoms. The second kappa shape index (κ2) is 8.36. The third-order valence-electron chi connectivity index (χ3n) is 4.09. The molecule has 1 aromatic heterocycles. The van der Waals surface area contributed by atoms with Crippen LogP contribution in [0.4, 0.5) is 37.7 Å². The van der Waals surface area contributed by atoms with Crippen LogP contribution in [0.5, 0.6) is 0 Å². The van der Waals surface area contributed by atoms with Crippen molar-refractivity contribution in [3.8, 4) is 0 Å². The van der Waals surface area contributed by atoms with Crippen LogP contribution in [0.1, 0.15) is 20.9 Å². The molecule has 0 aliphatic rings. The van der Waals surface area contributed by atoms with Gasteiger partial charge in [0, 0.05) is 34.2 Å². The highest BCUT2D eigenvalue weighted by Gasteiger charge is 2.33. The van der Waals surface area contributed by atoms with E-state index in [-0.39, 0.29) is 24.5 Å². The van der Waals surface area contributed by atoms with Crippen LogP contribution in [0.25, 0.3) is 0 Å². The molecule has 0 saturated heterocycles. The molecule has 3 rings (SSSR count). The molecule has 2 aromatic carbocycles. The fourth-order valence-electron chi connectivity index (χ4n) is 2.75. The molecule has 0 aliphatic heterocycles. The van der Waals surface area contributed by atoms with Gasteiger partial charge in [-0.1, -0.05) is 24.3 Å². The van der Waals surface area contributed by atoms with Crippen molar-refractivity contribution >= 4 is 22.7 Å². The number of alkyl halides is 6. The average Bonchev–Trinajstić information content (AvgIpc) is 3.11. The van der Waals surface area contributed by atoms with Gasteiger partial charge in [-0.15, -0.1) is 11.3 Å². The highest BCUT2D eigenvalue weighted by Crippen LogP contribution is 2.36. The van der Waals surface area contributed by atoms with E-state index in [1.807, 2.05) is 0 Å². The van der Waals surface area contributed by atoms with Gasteiger partial charge in [0.2, 0.25) is 0 Å². The summed E-state index contributed by atoms with van der Waals surface area (Å²) < 4.78 is 78.2. The number of thiophene rings is 1. The van der Waals surface area contributed by atoms with Crippen LogP contribution in [0.3, 0.4) is 0 Å². The molecular formula is C20H16F6N2S. The summed E-state index contributed by atoms with van der Waals surface area (Å²) in [6.07, 6.45) is -8.92. The van der Waals surface area contributed by atoms with Gasteiger partial charge in [-0.3, -0.25) is 0 Å². The molecule has 0 aliphatic carbocycles. The number of benzene rings is 2. The molecule has 0 atom stereocenters. The van der Waals surface area contributed by atoms with E-state index in [1.54, 1.807) is 12.1 Å². The molecule has 0 spiro atoms. The molecule has 2 N–H and O–H groups in total. The highest BCUT2D eigenvalue weighted by molar-refractivity contribution is 7.12. The van der Waals surface area contributed by atoms with Gasteiger partial charge in [-0.2, -0.15) is 26.3 Å². The summed E-state index contributed by atoms with van der Waals surface area (Å²) in [5.74, 6) is 0. The minimum absolute atomic E-state index is 0.0211. The molecule has 0 amide bonds. The molecule has 3 aromatic rings. The molecule has 0 radical (unpaired) electrons. The van der Waals surface area contributed by atoms with Crippen molar-refractivity contribution in [2.24, 2.45) is 0 Å². The fraction of sp³-hybridized carbons (Fsp3) is 0.200. The Labute approximate surface area is 167 Å². The van der Waals surface area contributed by atoms with Crippen LogP contribution in [-0.2, 0) is 25.4 Å². The summed E-state index contributed by atoms with van der Waals surface area (Å²) in [5, 5.41) is 5.55. The van der Waals surface area contributed by atoms with Gasteiger partial charge in [0.05, 0.1) is 11.1 Å². The largest absolute Gasteiger partial charge is 0.418 e. The molecule has 154 valence electrons. The average molecular weight is 430 g/mol. The SMILES string of the molecule is FC(F)(F)c1ccccc1NCc1ccc(CNc2ccccc2C(F)(F)F)s1. The molecule has 0 bridgehead atoms. The maximum absolute atomic E-state index is 13.0. The van der Waals surface area contributed by atoms with Gasteiger partial charge >= 0.3 is 12.4 Å². The first-order chi connectivity index (χ1) is 13.6. The fourth-order valence-corrected chi connectivity index (χ4v) is 3.64. The van der Waals surface area contributed by atoms with Crippen LogP contribution in [-0.4, -0.2) is 0 Å². The minimum Gasteiger partial charge on any atom is -0.380 e. The summed E-state index contributed by atoms with van der Waals surface area (Å²) in [4.78, 5) is 1.53. The maximum atomic E-state index is 13.0. The lowest BCUT2D eigenvalue weighted by atomic mass is 10.1. The lowest BCUT2D eigenvalue weighted by molar-refractivity contribution is -0.137. The van der Waals surface area contributed by atoms with E-state index in [4.69, 9.17) is 0 Å². The Bertz CT molecular complexity index is 886. The van der Waals surface area contributed by atoms with Gasteiger partial charge < -0.3 is 10.6 Å². The standard InChI is InChI=1S/C20H16F6N2S/c21-19(22,23)15-5-1-3-7-17(15)27-11-13-9-10-14(29-13)12-28-18-8-4-2-6-16(18)20(24,25)26/h1-10,27-28H,11-12H2. The lowest BCUT2D eigenvalue weighted by Gasteiger charge is -2.14. The van der Waals surface area contributed by atoms with Crippen LogP contribution in [0, 0.1) is 0 Å². The van der Waals surface area contributed by atoms with Crippen LogP contribution >= 0.6 is 11.3 Å². The van der Waals surface area contributed by atoms with E-state index in [2.05, 4.69) is 10.6 Å². The van der Waals surface area contributed by atoms with Gasteiger partial charge in [0.15, 0.2) is 0 Å². The van der Waals surface area contributed by atoms with Crippen molar-refractivity contribution in [1.82, 2.24) is 0 Å². The first kappa shape index (κ1) is 21.0. The first-order valence-electron chi connectivity index (χ1n) is 8.52. The number of anilines is 2. The van der Waals surface area contributed by atoms with Crippen LogP contribution < -0.4 is 10.6 Å². The maximum Gasteiger partial charge on any atom is 0.418 e. The lowest BCUT2D eigenvalue weighted by Crippen LogP contribution is -2.10. The zero-order valence-electron chi connectivity index (χ0n) is 14.9. The quantitative estimate of drug-likeness (QED) is 0.411. The van der Waals surface area contributed by atoms with Crippen molar-refractivity contribution in [2.75, 3.05) is 10.6 Å². The Kier molecular flexibility index (Phi) is 6.07. The van der Waals surface area contributed by atoms with Gasteiger partial charge in [0.1, 0.15) is 0 Å². The Hall–Kier alpha value is -2.68. The molecule has 2 nitrogen and oxygen atoms in total. The van der Waals surface area contributed by atoms with E-state index in [0.29, 0.717) is 0 Å². The molecule has 0 saturated carbocycles. The van der Waals surface area contributed by atoms with E-state index < -0.39 is 23.5 Å². The van der Waals surface area contributed by atoms with Crippen LogP contribution in [0.15, 0.2) is 60.7 Å². The monoisotopic (exact) mass is 430 g/mol. The molecule has 0 unspecified atom stereocenters. The summed E-state index contributed by atoms with van der Waals surface area (Å²) in [6.45, 7) is 0.355. The van der Waals surface area contributed by atoms with Crippen molar-refractivity contribution in [2.45, 2.75) is 25.4 Å². The topological polar surface area (TPSA) is 24.1 Å². The van der Waals surface area contributed by atoms with E-state index in [1.165, 1.54) is 47.7 Å². The van der Waals surface area contributed by atoms with E-state index >= 15 is 0 Å². The predicted octanol–water partition coefficient (Wildman–Crippen LogP) is 7.01. The molecule has 0 fully saturated rings. The predicted molar refractivity (Wildman–Crippen MR) is 102 cm³/mol. The van der Waals surface area contributed by atoms with Crippen molar-refractivity contribution < 1.29 is 26.3 Å². The third-order valence-corrected chi connectivity index (χ3v) is 5.17. The first-order valence-corrected chi connectivity index (χ1v) is 9.34. The number of para-hydroxylation sites is 2. The number of hydrogen-bond acceptors (Lipinski definition) is 3. The van der Waals surface area contributed by atoms with Crippen molar-refractivity contribution in [1.29, 1.82) is 0 Å². The molecule has 1 heterocycles. The second-order valence-corrected chi connectivity index (χ2v) is 7.41. The summed E-state index contributed by atoms with van der Waals surface area (Å²) in [5.41, 5.74) is -1.54. The Morgan fingerprint density at radius 3 is 1.34 bits per heavy atom. The molecular weight excluding hydrogens is 414 g/mol. The van der Waals surface area contributed by atoms with Crippen molar-refractivity contribution in [3.05, 3.63) is 81.5 Å². The zero-order chi connectivity index (χ0) is 21.1. The molecule has 9 heteroatoms. The second-order valence-electron chi connectivity index (χ2n) is 6.16. The summed E-state index contributed by atoms with van der Waals surface area (Å²) in [6, 6.07) is 13.9. The Morgan fingerprint density at radius 2 is 0.966 bits per heavy atom. The van der Waals surface area contributed by atoms with Gasteiger partial charge in [0.25, 0.3) is 0 Å². The number of rotatable bonds is 6. The summed E-state index contributed by atoms with van der Waals surface area (Å²) >= 11 is 1.31. The highest BCUT2D eigenvalue weighted by atomic mass is 32.1. The smallest absolute Gasteiger partial charge is 0.380 e. The van der Waals surface area contributed by atoms with Gasteiger partial charge in [-0.25, -0.2) is 0 Å². The minimum atomic E-state index is -4.46. The third kappa shape index (κ3) is 5.44. The van der Waals surface area contributed by atoms with Gasteiger partial charge in [-0.05, 0) is 36.4 Å². The Balaban J connectivity index is 1.63. The normalized spacial score (nSPS) is 12.1. The Morgan fingerprint density at radius 1 is 0.586 bits per heavy atom. The number of hydrogen-bond donors (Lipinski definition) is 2. The van der Waals surface area contributed by atoms with Crippen LogP contribution in [0.2, 0.25) is 0 Å².